The van der Waals surface area contributed by atoms with Crippen LogP contribution in [0.15, 0.2) is 76.7 Å². The fraction of sp³-hybridized carbons (Fsp3) is 0.190. The molecule has 138 valence electrons. The molecule has 0 aliphatic carbocycles. The van der Waals surface area contributed by atoms with E-state index in [1.54, 1.807) is 11.8 Å². The highest BCUT2D eigenvalue weighted by Crippen LogP contribution is 2.44. The summed E-state index contributed by atoms with van der Waals surface area (Å²) in [7, 11) is 1.95. The number of hydrogen-bond donors (Lipinski definition) is 0. The Morgan fingerprint density at radius 2 is 1.96 bits per heavy atom. The third-order valence-corrected chi connectivity index (χ3v) is 6.16. The molecular weight excluding hydrogens is 424 g/mol. The minimum atomic E-state index is -0.0609. The number of amides is 1. The number of carbonyl (C=O) groups excluding carboxylic acids is 1. The van der Waals surface area contributed by atoms with Gasteiger partial charge in [-0.1, -0.05) is 64.5 Å². The molecule has 1 saturated heterocycles. The first kappa shape index (κ1) is 18.2. The number of halogens is 1. The lowest BCUT2D eigenvalue weighted by molar-refractivity contribution is -0.127. The van der Waals surface area contributed by atoms with Crippen LogP contribution < -0.4 is 0 Å². The molecule has 4 nitrogen and oxygen atoms in total. The second-order valence-corrected chi connectivity index (χ2v) is 8.37. The van der Waals surface area contributed by atoms with Crippen molar-refractivity contribution in [2.24, 2.45) is 0 Å². The van der Waals surface area contributed by atoms with Crippen molar-refractivity contribution in [3.05, 3.63) is 87.9 Å². The molecule has 1 unspecified atom stereocenters. The van der Waals surface area contributed by atoms with Gasteiger partial charge >= 0.3 is 0 Å². The minimum absolute atomic E-state index is 0.0609. The van der Waals surface area contributed by atoms with Gasteiger partial charge in [0.1, 0.15) is 5.37 Å². The van der Waals surface area contributed by atoms with Gasteiger partial charge in [0.2, 0.25) is 5.91 Å². The van der Waals surface area contributed by atoms with Crippen LogP contribution in [0.25, 0.3) is 6.08 Å². The molecule has 0 bridgehead atoms. The van der Waals surface area contributed by atoms with E-state index in [-0.39, 0.29) is 11.3 Å². The first-order chi connectivity index (χ1) is 13.1. The van der Waals surface area contributed by atoms with E-state index in [0.29, 0.717) is 12.5 Å². The molecule has 2 aromatic carbocycles. The zero-order valence-electron chi connectivity index (χ0n) is 14.8. The van der Waals surface area contributed by atoms with Gasteiger partial charge in [0.05, 0.1) is 5.75 Å². The Kier molecular flexibility index (Phi) is 5.27. The van der Waals surface area contributed by atoms with Gasteiger partial charge in [0, 0.05) is 11.5 Å². The smallest absolute Gasteiger partial charge is 0.239 e. The van der Waals surface area contributed by atoms with Crippen LogP contribution in [-0.2, 0) is 9.53 Å². The summed E-state index contributed by atoms with van der Waals surface area (Å²) < 4.78 is 6.88. The lowest BCUT2D eigenvalue weighted by Crippen LogP contribution is -2.34. The van der Waals surface area contributed by atoms with E-state index in [9.17, 15) is 4.79 Å². The molecule has 1 atom stereocenters. The molecule has 0 saturated carbocycles. The maximum absolute atomic E-state index is 12.7. The number of carbonyl (C=O) groups is 1. The Hall–Kier alpha value is -2.18. The summed E-state index contributed by atoms with van der Waals surface area (Å²) in [5, 5.41) is -0.0609. The van der Waals surface area contributed by atoms with Gasteiger partial charge in [-0.2, -0.15) is 0 Å². The fourth-order valence-corrected chi connectivity index (χ4v) is 4.76. The number of hydrogen-bond acceptors (Lipinski definition) is 4. The normalized spacial score (nSPS) is 20.1. The van der Waals surface area contributed by atoms with E-state index in [2.05, 4.69) is 28.1 Å². The molecule has 4 rings (SSSR count). The molecule has 0 radical (unpaired) electrons. The van der Waals surface area contributed by atoms with Gasteiger partial charge in [-0.25, -0.2) is 0 Å². The summed E-state index contributed by atoms with van der Waals surface area (Å²) in [4.78, 5) is 16.6. The van der Waals surface area contributed by atoms with Crippen molar-refractivity contribution < 1.29 is 9.53 Å². The van der Waals surface area contributed by atoms with Crippen molar-refractivity contribution in [2.75, 3.05) is 19.5 Å². The maximum Gasteiger partial charge on any atom is 0.239 e. The third-order valence-electron chi connectivity index (χ3n) is 4.45. The van der Waals surface area contributed by atoms with Crippen molar-refractivity contribution in [2.45, 2.75) is 5.37 Å². The second-order valence-electron chi connectivity index (χ2n) is 6.39. The molecule has 1 amide bonds. The van der Waals surface area contributed by atoms with Crippen molar-refractivity contribution >= 4 is 39.7 Å². The Morgan fingerprint density at radius 1 is 1.15 bits per heavy atom. The highest BCUT2D eigenvalue weighted by Gasteiger charge is 2.40. The van der Waals surface area contributed by atoms with Crippen LogP contribution in [0, 0.1) is 0 Å². The zero-order valence-corrected chi connectivity index (χ0v) is 17.2. The van der Waals surface area contributed by atoms with E-state index in [0.717, 1.165) is 27.2 Å². The average Bonchev–Trinajstić information content (AvgIpc) is 3.23. The van der Waals surface area contributed by atoms with E-state index >= 15 is 0 Å². The van der Waals surface area contributed by atoms with Gasteiger partial charge in [-0.3, -0.25) is 9.69 Å². The molecule has 2 aliphatic heterocycles. The molecule has 6 heteroatoms. The SMILES string of the molecule is CN1COC(C=Cc2ccccc2)=C1N1C(=O)CSC1c1cccc(Br)c1. The average molecular weight is 443 g/mol. The topological polar surface area (TPSA) is 32.8 Å². The third kappa shape index (κ3) is 3.77. The summed E-state index contributed by atoms with van der Waals surface area (Å²) in [5.41, 5.74) is 2.19. The first-order valence-electron chi connectivity index (χ1n) is 8.64. The summed E-state index contributed by atoms with van der Waals surface area (Å²) in [6.07, 6.45) is 3.96. The molecule has 0 N–H and O–H groups in total. The Labute approximate surface area is 171 Å². The Balaban J connectivity index is 1.70. The van der Waals surface area contributed by atoms with E-state index in [1.807, 2.05) is 71.5 Å². The quantitative estimate of drug-likeness (QED) is 0.678. The number of benzene rings is 2. The highest BCUT2D eigenvalue weighted by atomic mass is 79.9. The van der Waals surface area contributed by atoms with Gasteiger partial charge in [-0.05, 0) is 29.3 Å². The van der Waals surface area contributed by atoms with Gasteiger partial charge in [0.15, 0.2) is 18.3 Å². The summed E-state index contributed by atoms with van der Waals surface area (Å²) in [6.45, 7) is 0.434. The van der Waals surface area contributed by atoms with Crippen LogP contribution in [0.1, 0.15) is 16.5 Å². The van der Waals surface area contributed by atoms with E-state index in [4.69, 9.17) is 4.74 Å². The number of thioether (sulfide) groups is 1. The molecule has 2 aliphatic rings. The lowest BCUT2D eigenvalue weighted by atomic mass is 10.2. The van der Waals surface area contributed by atoms with Crippen LogP contribution in [0.4, 0.5) is 0 Å². The number of allylic oxidation sites excluding steroid dienone is 1. The van der Waals surface area contributed by atoms with Crippen LogP contribution in [0.5, 0.6) is 0 Å². The van der Waals surface area contributed by atoms with Crippen LogP contribution >= 0.6 is 27.7 Å². The van der Waals surface area contributed by atoms with E-state index < -0.39 is 0 Å². The molecular formula is C21H19BrN2O2S. The molecule has 2 heterocycles. The second kappa shape index (κ2) is 7.82. The van der Waals surface area contributed by atoms with Crippen LogP contribution in [0.2, 0.25) is 0 Å². The monoisotopic (exact) mass is 442 g/mol. The molecule has 0 aromatic heterocycles. The predicted octanol–water partition coefficient (Wildman–Crippen LogP) is 4.83. The van der Waals surface area contributed by atoms with Gasteiger partial charge in [-0.15, -0.1) is 11.8 Å². The highest BCUT2D eigenvalue weighted by molar-refractivity contribution is 9.10. The van der Waals surface area contributed by atoms with Gasteiger partial charge < -0.3 is 9.64 Å². The Bertz CT molecular complexity index is 913. The zero-order chi connectivity index (χ0) is 18.8. The Morgan fingerprint density at radius 3 is 2.74 bits per heavy atom. The summed E-state index contributed by atoms with van der Waals surface area (Å²) in [5.74, 6) is 2.10. The largest absolute Gasteiger partial charge is 0.469 e. The molecule has 27 heavy (non-hydrogen) atoms. The predicted molar refractivity (Wildman–Crippen MR) is 112 cm³/mol. The number of ether oxygens (including phenoxy) is 1. The minimum Gasteiger partial charge on any atom is -0.469 e. The van der Waals surface area contributed by atoms with Gasteiger partial charge in [0.25, 0.3) is 0 Å². The number of nitrogens with zero attached hydrogens (tertiary/aromatic N) is 2. The van der Waals surface area contributed by atoms with Crippen LogP contribution in [-0.4, -0.2) is 35.2 Å². The lowest BCUT2D eigenvalue weighted by Gasteiger charge is -2.28. The van der Waals surface area contributed by atoms with Crippen LogP contribution in [0.3, 0.4) is 0 Å². The van der Waals surface area contributed by atoms with Crippen molar-refractivity contribution in [3.8, 4) is 0 Å². The summed E-state index contributed by atoms with van der Waals surface area (Å²) in [6, 6.07) is 18.2. The maximum atomic E-state index is 12.7. The first-order valence-corrected chi connectivity index (χ1v) is 10.5. The van der Waals surface area contributed by atoms with E-state index in [1.165, 1.54) is 0 Å². The van der Waals surface area contributed by atoms with Crippen molar-refractivity contribution in [1.29, 1.82) is 0 Å². The summed E-state index contributed by atoms with van der Waals surface area (Å²) >= 11 is 5.17. The van der Waals surface area contributed by atoms with Crippen molar-refractivity contribution in [1.82, 2.24) is 9.80 Å². The molecule has 2 aromatic rings. The fourth-order valence-electron chi connectivity index (χ4n) is 3.20. The molecule has 1 fully saturated rings. The number of rotatable bonds is 4. The molecule has 0 spiro atoms. The standard InChI is InChI=1S/C21H19BrN2O2S/c1-23-14-26-18(11-10-15-6-3-2-4-7-15)20(23)24-19(25)13-27-21(24)16-8-5-9-17(22)12-16/h2-12,21H,13-14H2,1H3. The van der Waals surface area contributed by atoms with Crippen molar-refractivity contribution in [3.63, 3.8) is 0 Å².